The Balaban J connectivity index is 1.33. The van der Waals surface area contributed by atoms with Crippen LogP contribution in [0, 0.1) is 0 Å². The number of anilines is 2. The topological polar surface area (TPSA) is 67.8 Å². The number of amides is 1. The quantitative estimate of drug-likeness (QED) is 0.711. The molecule has 188 valence electrons. The first-order valence-corrected chi connectivity index (χ1v) is 13.8. The lowest BCUT2D eigenvalue weighted by Gasteiger charge is -2.40. The summed E-state index contributed by atoms with van der Waals surface area (Å²) >= 11 is 0. The predicted octanol–water partition coefficient (Wildman–Crippen LogP) is 2.82. The van der Waals surface area contributed by atoms with Gasteiger partial charge in [-0.15, -0.1) is 0 Å². The van der Waals surface area contributed by atoms with Gasteiger partial charge in [-0.1, -0.05) is 32.1 Å². The number of nitrogens with zero attached hydrogens (tertiary/aromatic N) is 6. The zero-order valence-electron chi connectivity index (χ0n) is 21.0. The molecule has 8 heteroatoms. The molecule has 1 aromatic heterocycles. The lowest BCUT2D eigenvalue weighted by Crippen LogP contribution is -2.58. The first-order valence-electron chi connectivity index (χ1n) is 13.8. The van der Waals surface area contributed by atoms with Crippen LogP contribution >= 0.6 is 0 Å². The molecule has 0 bridgehead atoms. The number of hydrogen-bond acceptors (Lipinski definition) is 7. The van der Waals surface area contributed by atoms with Gasteiger partial charge in [0.25, 0.3) is 0 Å². The van der Waals surface area contributed by atoms with E-state index in [1.165, 1.54) is 57.8 Å². The molecule has 2 atom stereocenters. The number of likely N-dealkylation sites (tertiary alicyclic amines) is 1. The van der Waals surface area contributed by atoms with Gasteiger partial charge in [-0.25, -0.2) is 4.98 Å². The molecule has 8 nitrogen and oxygen atoms in total. The van der Waals surface area contributed by atoms with Crippen molar-refractivity contribution < 1.29 is 4.79 Å². The fraction of sp³-hybridized carbons (Fsp3) is 0.808. The van der Waals surface area contributed by atoms with Crippen molar-refractivity contribution in [3.63, 3.8) is 0 Å². The second kappa shape index (κ2) is 11.2. The first kappa shape index (κ1) is 23.8. The lowest BCUT2D eigenvalue weighted by atomic mass is 9.93. The Bertz CT molecular complexity index is 798. The Morgan fingerprint density at radius 3 is 2.32 bits per heavy atom. The minimum atomic E-state index is -0.114. The molecular weight excluding hydrogens is 426 g/mol. The predicted molar refractivity (Wildman–Crippen MR) is 136 cm³/mol. The standard InChI is InChI=1S/C26H43N7O/c1-30-17-19-32(20-18-30)25(34)24-22(12-16-33(24)21-9-5-4-6-10-21)28-26-27-13-11-23(29-26)31-14-7-2-3-8-15-31/h11,13,21-22,24H,2-10,12,14-20H2,1H3,(H,27,28,29)/t22-,24-/m0/s1. The number of nitrogens with one attached hydrogen (secondary N) is 1. The molecule has 1 saturated carbocycles. The van der Waals surface area contributed by atoms with Gasteiger partial charge in [-0.05, 0) is 45.2 Å². The number of piperazine rings is 1. The van der Waals surface area contributed by atoms with Gasteiger partial charge < -0.3 is 20.0 Å². The molecular formula is C26H43N7O. The van der Waals surface area contributed by atoms with E-state index in [2.05, 4.69) is 36.9 Å². The van der Waals surface area contributed by atoms with Gasteiger partial charge >= 0.3 is 0 Å². The second-order valence-corrected chi connectivity index (χ2v) is 10.8. The molecule has 5 rings (SSSR count). The fourth-order valence-corrected chi connectivity index (χ4v) is 6.38. The molecule has 0 spiro atoms. The Hall–Kier alpha value is -1.93. The summed E-state index contributed by atoms with van der Waals surface area (Å²) in [5, 5.41) is 3.64. The highest BCUT2D eigenvalue weighted by Crippen LogP contribution is 2.32. The average molecular weight is 470 g/mol. The number of rotatable bonds is 5. The van der Waals surface area contributed by atoms with Crippen molar-refractivity contribution in [2.75, 3.05) is 63.1 Å². The smallest absolute Gasteiger partial charge is 0.242 e. The third kappa shape index (κ3) is 5.48. The molecule has 4 heterocycles. The molecule has 0 unspecified atom stereocenters. The molecule has 1 aliphatic carbocycles. The molecule has 1 aromatic rings. The number of hydrogen-bond donors (Lipinski definition) is 1. The summed E-state index contributed by atoms with van der Waals surface area (Å²) in [5.41, 5.74) is 0. The third-order valence-electron chi connectivity index (χ3n) is 8.43. The van der Waals surface area contributed by atoms with Gasteiger partial charge in [-0.3, -0.25) is 9.69 Å². The van der Waals surface area contributed by atoms with Crippen LogP contribution in [0.15, 0.2) is 12.3 Å². The van der Waals surface area contributed by atoms with Crippen LogP contribution in [-0.2, 0) is 4.79 Å². The van der Waals surface area contributed by atoms with Gasteiger partial charge in [0.2, 0.25) is 11.9 Å². The van der Waals surface area contributed by atoms with Crippen LogP contribution in [0.3, 0.4) is 0 Å². The van der Waals surface area contributed by atoms with E-state index in [0.717, 1.165) is 58.1 Å². The normalized spacial score (nSPS) is 28.1. The molecule has 1 N–H and O–H groups in total. The fourth-order valence-electron chi connectivity index (χ4n) is 6.38. The third-order valence-corrected chi connectivity index (χ3v) is 8.43. The summed E-state index contributed by atoms with van der Waals surface area (Å²) in [5.74, 6) is 1.99. The SMILES string of the molecule is CN1CCN(C(=O)[C@@H]2[C@@H](Nc3nccc(N4CCCCCC4)n3)CCN2C2CCCCC2)CC1. The van der Waals surface area contributed by atoms with Crippen molar-refractivity contribution in [3.05, 3.63) is 12.3 Å². The summed E-state index contributed by atoms with van der Waals surface area (Å²) in [6, 6.07) is 2.52. The van der Waals surface area contributed by atoms with E-state index in [4.69, 9.17) is 4.98 Å². The maximum absolute atomic E-state index is 13.9. The van der Waals surface area contributed by atoms with Crippen molar-refractivity contribution in [3.8, 4) is 0 Å². The molecule has 0 radical (unpaired) electrons. The highest BCUT2D eigenvalue weighted by Gasteiger charge is 2.44. The molecule has 34 heavy (non-hydrogen) atoms. The van der Waals surface area contributed by atoms with E-state index < -0.39 is 0 Å². The number of likely N-dealkylation sites (N-methyl/N-ethyl adjacent to an activating group) is 1. The van der Waals surface area contributed by atoms with Gasteiger partial charge in [0.1, 0.15) is 11.9 Å². The maximum Gasteiger partial charge on any atom is 0.242 e. The Morgan fingerprint density at radius 1 is 0.882 bits per heavy atom. The van der Waals surface area contributed by atoms with E-state index >= 15 is 0 Å². The van der Waals surface area contributed by atoms with Crippen molar-refractivity contribution in [2.45, 2.75) is 82.3 Å². The summed E-state index contributed by atoms with van der Waals surface area (Å²) in [7, 11) is 2.14. The van der Waals surface area contributed by atoms with Crippen LogP contribution in [0.2, 0.25) is 0 Å². The zero-order valence-corrected chi connectivity index (χ0v) is 21.0. The van der Waals surface area contributed by atoms with E-state index in [1.54, 1.807) is 0 Å². The Kier molecular flexibility index (Phi) is 7.84. The van der Waals surface area contributed by atoms with Crippen molar-refractivity contribution in [1.29, 1.82) is 0 Å². The minimum Gasteiger partial charge on any atom is -0.356 e. The van der Waals surface area contributed by atoms with Crippen LogP contribution in [0.1, 0.15) is 64.2 Å². The van der Waals surface area contributed by atoms with E-state index in [1.807, 2.05) is 12.3 Å². The van der Waals surface area contributed by atoms with Crippen LogP contribution in [0.25, 0.3) is 0 Å². The Labute approximate surface area is 205 Å². The second-order valence-electron chi connectivity index (χ2n) is 10.8. The van der Waals surface area contributed by atoms with Crippen molar-refractivity contribution in [1.82, 2.24) is 24.7 Å². The van der Waals surface area contributed by atoms with Crippen molar-refractivity contribution >= 4 is 17.7 Å². The molecule has 3 saturated heterocycles. The van der Waals surface area contributed by atoms with Crippen LogP contribution < -0.4 is 10.2 Å². The molecule has 1 amide bonds. The summed E-state index contributed by atoms with van der Waals surface area (Å²) in [4.78, 5) is 32.7. The van der Waals surface area contributed by atoms with E-state index in [9.17, 15) is 4.79 Å². The minimum absolute atomic E-state index is 0.0634. The lowest BCUT2D eigenvalue weighted by molar-refractivity contribution is -0.138. The number of carbonyl (C=O) groups is 1. The summed E-state index contributed by atoms with van der Waals surface area (Å²) in [6.45, 7) is 6.70. The maximum atomic E-state index is 13.9. The summed E-state index contributed by atoms with van der Waals surface area (Å²) < 4.78 is 0. The first-order chi connectivity index (χ1) is 16.7. The molecule has 4 aliphatic rings. The molecule has 0 aromatic carbocycles. The van der Waals surface area contributed by atoms with Crippen LogP contribution in [-0.4, -0.2) is 102 Å². The van der Waals surface area contributed by atoms with Crippen LogP contribution in [0.5, 0.6) is 0 Å². The number of aromatic nitrogens is 2. The zero-order chi connectivity index (χ0) is 23.3. The summed E-state index contributed by atoms with van der Waals surface area (Å²) in [6.07, 6.45) is 14.3. The largest absolute Gasteiger partial charge is 0.356 e. The van der Waals surface area contributed by atoms with E-state index in [-0.39, 0.29) is 12.1 Å². The Morgan fingerprint density at radius 2 is 1.59 bits per heavy atom. The number of carbonyl (C=O) groups excluding carboxylic acids is 1. The molecule has 3 aliphatic heterocycles. The van der Waals surface area contributed by atoms with E-state index in [0.29, 0.717) is 17.9 Å². The average Bonchev–Trinajstić information content (AvgIpc) is 3.09. The van der Waals surface area contributed by atoms with Crippen molar-refractivity contribution in [2.24, 2.45) is 0 Å². The van der Waals surface area contributed by atoms with Gasteiger partial charge in [0, 0.05) is 58.1 Å². The highest BCUT2D eigenvalue weighted by molar-refractivity contribution is 5.84. The van der Waals surface area contributed by atoms with Gasteiger partial charge in [0.15, 0.2) is 0 Å². The highest BCUT2D eigenvalue weighted by atomic mass is 16.2. The van der Waals surface area contributed by atoms with Crippen LogP contribution in [0.4, 0.5) is 11.8 Å². The monoisotopic (exact) mass is 469 g/mol. The van der Waals surface area contributed by atoms with Gasteiger partial charge in [-0.2, -0.15) is 4.98 Å². The van der Waals surface area contributed by atoms with Gasteiger partial charge in [0.05, 0.1) is 6.04 Å². The molecule has 4 fully saturated rings.